The summed E-state index contributed by atoms with van der Waals surface area (Å²) in [5, 5.41) is 5.88. The van der Waals surface area contributed by atoms with Crippen molar-refractivity contribution in [2.75, 3.05) is 0 Å². The molecule has 0 bridgehead atoms. The van der Waals surface area contributed by atoms with E-state index in [4.69, 9.17) is 19.9 Å². The Balaban J connectivity index is 1.14. The van der Waals surface area contributed by atoms with Crippen molar-refractivity contribution in [3.63, 3.8) is 0 Å². The van der Waals surface area contributed by atoms with Crippen LogP contribution in [-0.4, -0.2) is 19.9 Å². The summed E-state index contributed by atoms with van der Waals surface area (Å²) in [7, 11) is 0. The molecule has 0 fully saturated rings. The Kier molecular flexibility index (Phi) is 6.76. The van der Waals surface area contributed by atoms with E-state index in [9.17, 15) is 0 Å². The Morgan fingerprint density at radius 2 is 0.688 bits per heavy atom. The van der Waals surface area contributed by atoms with Crippen molar-refractivity contribution >= 4 is 32.4 Å². The van der Waals surface area contributed by atoms with Crippen LogP contribution in [0.3, 0.4) is 0 Å². The predicted octanol–water partition coefficient (Wildman–Crippen LogP) is 11.1. The molecule has 48 heavy (non-hydrogen) atoms. The van der Waals surface area contributed by atoms with Gasteiger partial charge in [0.15, 0.2) is 17.5 Å². The first-order chi connectivity index (χ1) is 23.8. The van der Waals surface area contributed by atoms with Crippen molar-refractivity contribution in [3.8, 4) is 56.5 Å². The highest BCUT2D eigenvalue weighted by Crippen LogP contribution is 2.35. The van der Waals surface area contributed by atoms with E-state index in [1.807, 2.05) is 36.4 Å². The number of hydrogen-bond donors (Lipinski definition) is 0. The van der Waals surface area contributed by atoms with Crippen LogP contribution in [0.15, 0.2) is 170 Å². The summed E-state index contributed by atoms with van der Waals surface area (Å²) >= 11 is 0. The van der Waals surface area contributed by atoms with Crippen LogP contribution < -0.4 is 0 Å². The smallest absolute Gasteiger partial charge is 0.164 e. The van der Waals surface area contributed by atoms with E-state index in [2.05, 4.69) is 133 Å². The first-order valence-corrected chi connectivity index (χ1v) is 16.1. The highest BCUT2D eigenvalue weighted by Gasteiger charge is 2.15. The molecule has 4 heteroatoms. The Morgan fingerprint density at radius 3 is 1.29 bits per heavy atom. The van der Waals surface area contributed by atoms with Gasteiger partial charge in [-0.15, -0.1) is 0 Å². The van der Waals surface area contributed by atoms with E-state index in [-0.39, 0.29) is 0 Å². The molecule has 0 unspecified atom stereocenters. The van der Waals surface area contributed by atoms with Gasteiger partial charge in [0.25, 0.3) is 0 Å². The van der Waals surface area contributed by atoms with Crippen molar-refractivity contribution in [1.82, 2.24) is 19.9 Å². The normalized spacial score (nSPS) is 11.3. The zero-order valence-corrected chi connectivity index (χ0v) is 26.0. The van der Waals surface area contributed by atoms with E-state index in [1.165, 1.54) is 21.7 Å². The minimum Gasteiger partial charge on any atom is -0.247 e. The van der Waals surface area contributed by atoms with E-state index in [0.29, 0.717) is 17.5 Å². The van der Waals surface area contributed by atoms with Gasteiger partial charge in [-0.1, -0.05) is 158 Å². The van der Waals surface area contributed by atoms with Gasteiger partial charge in [0.1, 0.15) is 0 Å². The maximum absolute atomic E-state index is 5.22. The van der Waals surface area contributed by atoms with Gasteiger partial charge in [0.2, 0.25) is 0 Å². The molecule has 2 aromatic heterocycles. The summed E-state index contributed by atoms with van der Waals surface area (Å²) in [6.07, 6.45) is 0. The SMILES string of the molecule is c1ccc(-c2ccc(-c3nc(-c4ccccc4)nc(-c4ccc(-c5nc6cc7ccccc7cc6c6ccccc56)cc4)n3)cc2)cc1. The van der Waals surface area contributed by atoms with Crippen molar-refractivity contribution in [1.29, 1.82) is 0 Å². The van der Waals surface area contributed by atoms with Crippen molar-refractivity contribution in [3.05, 3.63) is 170 Å². The van der Waals surface area contributed by atoms with Crippen LogP contribution in [0.1, 0.15) is 0 Å². The van der Waals surface area contributed by atoms with Gasteiger partial charge in [0, 0.05) is 33.0 Å². The average Bonchev–Trinajstić information content (AvgIpc) is 3.17. The quantitative estimate of drug-likeness (QED) is 0.143. The van der Waals surface area contributed by atoms with Gasteiger partial charge in [-0.2, -0.15) is 0 Å². The first-order valence-electron chi connectivity index (χ1n) is 16.1. The second-order valence-corrected chi connectivity index (χ2v) is 11.9. The average molecular weight is 613 g/mol. The third-order valence-electron chi connectivity index (χ3n) is 8.90. The molecule has 0 saturated heterocycles. The van der Waals surface area contributed by atoms with E-state index in [1.54, 1.807) is 0 Å². The van der Waals surface area contributed by atoms with Crippen molar-refractivity contribution in [2.24, 2.45) is 0 Å². The van der Waals surface area contributed by atoms with Crippen LogP contribution in [-0.2, 0) is 0 Å². The van der Waals surface area contributed by atoms with Gasteiger partial charge in [-0.05, 0) is 39.4 Å². The lowest BCUT2D eigenvalue weighted by Gasteiger charge is -2.12. The van der Waals surface area contributed by atoms with Crippen LogP contribution in [0.5, 0.6) is 0 Å². The van der Waals surface area contributed by atoms with Crippen LogP contribution in [0, 0.1) is 0 Å². The van der Waals surface area contributed by atoms with Gasteiger partial charge < -0.3 is 0 Å². The first kappa shape index (κ1) is 27.8. The molecule has 4 nitrogen and oxygen atoms in total. The van der Waals surface area contributed by atoms with Crippen molar-refractivity contribution < 1.29 is 0 Å². The molecule has 2 heterocycles. The molecule has 0 aliphatic carbocycles. The van der Waals surface area contributed by atoms with Gasteiger partial charge in [-0.25, -0.2) is 19.9 Å². The standard InChI is InChI=1S/C44H28N4/c1-3-11-29(12-4-1)30-19-23-33(24-20-30)43-46-42(32-13-5-2-6-14-32)47-44(48-43)34-25-21-31(22-26-34)41-38-18-10-9-17-37(38)39-27-35-15-7-8-16-36(35)28-40(39)45-41/h1-28H. The zero-order chi connectivity index (χ0) is 31.9. The molecule has 7 aromatic carbocycles. The highest BCUT2D eigenvalue weighted by atomic mass is 15.0. The molecule has 9 rings (SSSR count). The molecule has 0 aliphatic rings. The van der Waals surface area contributed by atoms with E-state index < -0.39 is 0 Å². The fourth-order valence-corrected chi connectivity index (χ4v) is 6.43. The second-order valence-electron chi connectivity index (χ2n) is 11.9. The summed E-state index contributed by atoms with van der Waals surface area (Å²) in [6, 6.07) is 58.7. The summed E-state index contributed by atoms with van der Waals surface area (Å²) < 4.78 is 0. The van der Waals surface area contributed by atoms with E-state index in [0.717, 1.165) is 49.8 Å². The molecule has 0 radical (unpaired) electrons. The molecular formula is C44H28N4. The number of nitrogens with zero attached hydrogens (tertiary/aromatic N) is 4. The number of fused-ring (bicyclic) bond motifs is 4. The van der Waals surface area contributed by atoms with Crippen LogP contribution in [0.25, 0.3) is 89.0 Å². The molecule has 224 valence electrons. The molecular weight excluding hydrogens is 585 g/mol. The topological polar surface area (TPSA) is 51.6 Å². The highest BCUT2D eigenvalue weighted by molar-refractivity contribution is 6.14. The molecule has 0 atom stereocenters. The number of rotatable bonds is 5. The monoisotopic (exact) mass is 612 g/mol. The molecule has 0 N–H and O–H groups in total. The zero-order valence-electron chi connectivity index (χ0n) is 26.0. The summed E-state index contributed by atoms with van der Waals surface area (Å²) in [5.74, 6) is 1.90. The lowest BCUT2D eigenvalue weighted by atomic mass is 9.97. The van der Waals surface area contributed by atoms with Crippen molar-refractivity contribution in [2.45, 2.75) is 0 Å². The summed E-state index contributed by atoms with van der Waals surface area (Å²) in [4.78, 5) is 20.1. The maximum Gasteiger partial charge on any atom is 0.164 e. The summed E-state index contributed by atoms with van der Waals surface area (Å²) in [5.41, 5.74) is 8.10. The van der Waals surface area contributed by atoms with E-state index >= 15 is 0 Å². The molecule has 9 aromatic rings. The molecule has 0 amide bonds. The molecule has 0 saturated carbocycles. The minimum atomic E-state index is 0.625. The van der Waals surface area contributed by atoms with Crippen LogP contribution in [0.4, 0.5) is 0 Å². The molecule has 0 aliphatic heterocycles. The Morgan fingerprint density at radius 1 is 0.271 bits per heavy atom. The minimum absolute atomic E-state index is 0.625. The third kappa shape index (κ3) is 5.06. The lowest BCUT2D eigenvalue weighted by molar-refractivity contribution is 1.07. The van der Waals surface area contributed by atoms with Gasteiger partial charge in [0.05, 0.1) is 11.2 Å². The largest absolute Gasteiger partial charge is 0.247 e. The number of hydrogen-bond acceptors (Lipinski definition) is 4. The fourth-order valence-electron chi connectivity index (χ4n) is 6.43. The fraction of sp³-hybridized carbons (Fsp3) is 0. The maximum atomic E-state index is 5.22. The number of pyridine rings is 1. The second kappa shape index (κ2) is 11.7. The molecule has 0 spiro atoms. The Labute approximate surface area is 278 Å². The van der Waals surface area contributed by atoms with Gasteiger partial charge in [-0.3, -0.25) is 0 Å². The number of benzene rings is 7. The lowest BCUT2D eigenvalue weighted by Crippen LogP contribution is -2.00. The van der Waals surface area contributed by atoms with Crippen LogP contribution in [0.2, 0.25) is 0 Å². The third-order valence-corrected chi connectivity index (χ3v) is 8.90. The summed E-state index contributed by atoms with van der Waals surface area (Å²) in [6.45, 7) is 0. The van der Waals surface area contributed by atoms with Crippen LogP contribution >= 0.6 is 0 Å². The van der Waals surface area contributed by atoms with Gasteiger partial charge >= 0.3 is 0 Å². The Bertz CT molecular complexity index is 2580. The predicted molar refractivity (Wildman–Crippen MR) is 197 cm³/mol. The number of aromatic nitrogens is 4. The Hall–Kier alpha value is -6.52.